The van der Waals surface area contributed by atoms with Gasteiger partial charge in [-0.2, -0.15) is 0 Å². The highest BCUT2D eigenvalue weighted by atomic mass is 16.5. The van der Waals surface area contributed by atoms with E-state index >= 15 is 0 Å². The monoisotopic (exact) mass is 243 g/mol. The van der Waals surface area contributed by atoms with Crippen LogP contribution in [0.25, 0.3) is 0 Å². The van der Waals surface area contributed by atoms with Crippen molar-refractivity contribution in [2.45, 2.75) is 51.7 Å². The van der Waals surface area contributed by atoms with Crippen molar-refractivity contribution in [3.8, 4) is 0 Å². The Morgan fingerprint density at radius 1 is 1.47 bits per heavy atom. The molecule has 2 N–H and O–H groups in total. The van der Waals surface area contributed by atoms with E-state index in [1.54, 1.807) is 0 Å². The molecule has 0 radical (unpaired) electrons. The van der Waals surface area contributed by atoms with Crippen molar-refractivity contribution >= 4 is 11.9 Å². The van der Waals surface area contributed by atoms with Crippen molar-refractivity contribution in [1.29, 1.82) is 0 Å². The van der Waals surface area contributed by atoms with Crippen molar-refractivity contribution in [3.63, 3.8) is 0 Å². The molecule has 5 nitrogen and oxygen atoms in total. The highest BCUT2D eigenvalue weighted by Gasteiger charge is 2.21. The van der Waals surface area contributed by atoms with Gasteiger partial charge in [-0.05, 0) is 25.7 Å². The molecule has 0 spiro atoms. The van der Waals surface area contributed by atoms with Crippen LogP contribution < -0.4 is 5.32 Å². The summed E-state index contributed by atoms with van der Waals surface area (Å²) in [6.45, 7) is 3.57. The maximum atomic E-state index is 11.4. The Hall–Kier alpha value is -1.10. The van der Waals surface area contributed by atoms with Gasteiger partial charge in [0.1, 0.15) is 12.6 Å². The van der Waals surface area contributed by atoms with Crippen LogP contribution in [0.2, 0.25) is 0 Å². The number of carbonyl (C=O) groups excluding carboxylic acids is 1. The van der Waals surface area contributed by atoms with Gasteiger partial charge in [-0.3, -0.25) is 9.59 Å². The van der Waals surface area contributed by atoms with Gasteiger partial charge < -0.3 is 15.2 Å². The molecule has 1 aliphatic rings. The Balaban J connectivity index is 2.21. The normalized spacial score (nSPS) is 26.2. The Morgan fingerprint density at radius 3 is 2.76 bits per heavy atom. The third-order valence-electron chi connectivity index (χ3n) is 3.09. The summed E-state index contributed by atoms with van der Waals surface area (Å²) in [5, 5.41) is 11.0. The van der Waals surface area contributed by atoms with E-state index in [4.69, 9.17) is 9.84 Å². The number of carbonyl (C=O) groups is 2. The van der Waals surface area contributed by atoms with Crippen LogP contribution in [-0.2, 0) is 14.3 Å². The van der Waals surface area contributed by atoms with Crippen LogP contribution in [0.5, 0.6) is 0 Å². The maximum absolute atomic E-state index is 11.4. The van der Waals surface area contributed by atoms with E-state index in [1.165, 1.54) is 13.3 Å². The first-order valence-electron chi connectivity index (χ1n) is 6.12. The van der Waals surface area contributed by atoms with Gasteiger partial charge in [0, 0.05) is 0 Å². The molecule has 0 saturated heterocycles. The predicted octanol–water partition coefficient (Wildman–Crippen LogP) is 1.17. The number of aliphatic carboxylic acids is 1. The fourth-order valence-electron chi connectivity index (χ4n) is 2.07. The molecule has 0 aromatic heterocycles. The third kappa shape index (κ3) is 5.17. The number of rotatable bonds is 5. The summed E-state index contributed by atoms with van der Waals surface area (Å²) >= 11 is 0. The largest absolute Gasteiger partial charge is 0.480 e. The first kappa shape index (κ1) is 14.0. The van der Waals surface area contributed by atoms with E-state index < -0.39 is 12.0 Å². The van der Waals surface area contributed by atoms with Crippen molar-refractivity contribution < 1.29 is 19.4 Å². The summed E-state index contributed by atoms with van der Waals surface area (Å²) in [5.74, 6) is -0.752. The van der Waals surface area contributed by atoms with Crippen LogP contribution in [0.4, 0.5) is 0 Å². The predicted molar refractivity (Wildman–Crippen MR) is 62.6 cm³/mol. The molecular weight excluding hydrogens is 222 g/mol. The van der Waals surface area contributed by atoms with Crippen LogP contribution in [0.15, 0.2) is 0 Å². The average molecular weight is 243 g/mol. The van der Waals surface area contributed by atoms with Gasteiger partial charge in [0.25, 0.3) is 0 Å². The first-order valence-corrected chi connectivity index (χ1v) is 6.12. The fraction of sp³-hybridized carbons (Fsp3) is 0.833. The molecule has 3 atom stereocenters. The fourth-order valence-corrected chi connectivity index (χ4v) is 2.07. The lowest BCUT2D eigenvalue weighted by Gasteiger charge is -2.26. The highest BCUT2D eigenvalue weighted by Crippen LogP contribution is 2.25. The van der Waals surface area contributed by atoms with Crippen LogP contribution in [0, 0.1) is 5.92 Å². The second-order valence-corrected chi connectivity index (χ2v) is 4.83. The molecule has 0 aromatic carbocycles. The van der Waals surface area contributed by atoms with Crippen LogP contribution in [-0.4, -0.2) is 35.7 Å². The number of amides is 1. The minimum absolute atomic E-state index is 0.0466. The van der Waals surface area contributed by atoms with E-state index in [9.17, 15) is 9.59 Å². The molecule has 0 unspecified atom stereocenters. The van der Waals surface area contributed by atoms with Crippen molar-refractivity contribution in [2.75, 3.05) is 6.61 Å². The number of nitrogens with one attached hydrogen (secondary N) is 1. The summed E-state index contributed by atoms with van der Waals surface area (Å²) in [4.78, 5) is 21.9. The Kier molecular flexibility index (Phi) is 5.41. The standard InChI is InChI=1S/C12H21NO4/c1-8-4-3-5-10(6-8)17-7-11(14)13-9(2)12(15)16/h8-10H,3-7H2,1-2H3,(H,13,14)(H,15,16)/t8-,9-,10-/m1/s1. The molecular formula is C12H21NO4. The summed E-state index contributed by atoms with van der Waals surface area (Å²) in [6, 6.07) is -0.864. The average Bonchev–Trinajstić information content (AvgIpc) is 2.26. The minimum Gasteiger partial charge on any atom is -0.480 e. The van der Waals surface area contributed by atoms with Gasteiger partial charge in [-0.1, -0.05) is 19.8 Å². The zero-order valence-corrected chi connectivity index (χ0v) is 10.4. The maximum Gasteiger partial charge on any atom is 0.325 e. The quantitative estimate of drug-likeness (QED) is 0.760. The molecule has 1 rings (SSSR count). The minimum atomic E-state index is -1.04. The second-order valence-electron chi connectivity index (χ2n) is 4.83. The Labute approximate surface area is 102 Å². The number of ether oxygens (including phenoxy) is 1. The SMILES string of the molecule is C[C@@H]1CCC[C@@H](OCC(=O)N[C@H](C)C(=O)O)C1. The number of carboxylic acid groups (broad SMARTS) is 1. The molecule has 1 aliphatic carbocycles. The highest BCUT2D eigenvalue weighted by molar-refractivity contribution is 5.83. The summed E-state index contributed by atoms with van der Waals surface area (Å²) in [6.07, 6.45) is 4.49. The van der Waals surface area contributed by atoms with E-state index in [2.05, 4.69) is 12.2 Å². The van der Waals surface area contributed by atoms with Crippen molar-refractivity contribution in [1.82, 2.24) is 5.32 Å². The lowest BCUT2D eigenvalue weighted by Crippen LogP contribution is -2.41. The lowest BCUT2D eigenvalue weighted by atomic mass is 9.89. The summed E-state index contributed by atoms with van der Waals surface area (Å²) in [5.41, 5.74) is 0. The molecule has 0 bridgehead atoms. The molecule has 1 fully saturated rings. The van der Waals surface area contributed by atoms with Crippen LogP contribution in [0.1, 0.15) is 39.5 Å². The van der Waals surface area contributed by atoms with Gasteiger partial charge >= 0.3 is 5.97 Å². The zero-order chi connectivity index (χ0) is 12.8. The first-order chi connectivity index (χ1) is 7.99. The Morgan fingerprint density at radius 2 is 2.18 bits per heavy atom. The van der Waals surface area contributed by atoms with E-state index in [0.29, 0.717) is 5.92 Å². The second kappa shape index (κ2) is 6.59. The zero-order valence-electron chi connectivity index (χ0n) is 10.4. The molecule has 0 aromatic rings. The molecule has 1 amide bonds. The molecule has 98 valence electrons. The van der Waals surface area contributed by atoms with E-state index in [1.807, 2.05) is 0 Å². The van der Waals surface area contributed by atoms with Crippen molar-refractivity contribution in [3.05, 3.63) is 0 Å². The van der Waals surface area contributed by atoms with Gasteiger partial charge in [0.05, 0.1) is 6.10 Å². The van der Waals surface area contributed by atoms with E-state index in [0.717, 1.165) is 19.3 Å². The van der Waals surface area contributed by atoms with Gasteiger partial charge in [-0.25, -0.2) is 0 Å². The number of hydrogen-bond donors (Lipinski definition) is 2. The van der Waals surface area contributed by atoms with Crippen LogP contribution >= 0.6 is 0 Å². The van der Waals surface area contributed by atoms with Gasteiger partial charge in [0.2, 0.25) is 5.91 Å². The van der Waals surface area contributed by atoms with Gasteiger partial charge in [-0.15, -0.1) is 0 Å². The molecule has 1 saturated carbocycles. The lowest BCUT2D eigenvalue weighted by molar-refractivity contribution is -0.142. The molecule has 0 heterocycles. The summed E-state index contributed by atoms with van der Waals surface area (Å²) in [7, 11) is 0. The molecule has 17 heavy (non-hydrogen) atoms. The molecule has 0 aliphatic heterocycles. The van der Waals surface area contributed by atoms with Crippen molar-refractivity contribution in [2.24, 2.45) is 5.92 Å². The number of hydrogen-bond acceptors (Lipinski definition) is 3. The number of carboxylic acids is 1. The topological polar surface area (TPSA) is 75.6 Å². The molecule has 5 heteroatoms. The Bertz CT molecular complexity index is 280. The van der Waals surface area contributed by atoms with E-state index in [-0.39, 0.29) is 18.6 Å². The van der Waals surface area contributed by atoms with Gasteiger partial charge in [0.15, 0.2) is 0 Å². The third-order valence-corrected chi connectivity index (χ3v) is 3.09. The van der Waals surface area contributed by atoms with Crippen LogP contribution in [0.3, 0.4) is 0 Å². The summed E-state index contributed by atoms with van der Waals surface area (Å²) < 4.78 is 5.49. The smallest absolute Gasteiger partial charge is 0.325 e.